The molecule has 1 aliphatic rings. The van der Waals surface area contributed by atoms with Crippen LogP contribution in [0.25, 0.3) is 0 Å². The van der Waals surface area contributed by atoms with E-state index in [-0.39, 0.29) is 13.0 Å². The number of nitrogens with one attached hydrogen (secondary N) is 1. The van der Waals surface area contributed by atoms with Gasteiger partial charge in [0.05, 0.1) is 0 Å². The number of aliphatic hydroxyl groups is 1. The van der Waals surface area contributed by atoms with Crippen LogP contribution in [0.4, 0.5) is 5.69 Å². The van der Waals surface area contributed by atoms with Crippen molar-refractivity contribution in [2.45, 2.75) is 18.6 Å². The Bertz CT molecular complexity index is 703. The zero-order valence-electron chi connectivity index (χ0n) is 12.6. The molecule has 1 aliphatic heterocycles. The summed E-state index contributed by atoms with van der Waals surface area (Å²) in [4.78, 5) is 26.3. The maximum Gasteiger partial charge on any atom is 0.268 e. The second-order valence-corrected chi connectivity index (χ2v) is 5.57. The molecule has 0 spiro atoms. The van der Waals surface area contributed by atoms with Crippen LogP contribution in [-0.4, -0.2) is 29.1 Å². The highest BCUT2D eigenvalue weighted by atomic mass is 16.3. The molecule has 5 nitrogen and oxygen atoms in total. The van der Waals surface area contributed by atoms with Crippen molar-refractivity contribution in [3.8, 4) is 0 Å². The van der Waals surface area contributed by atoms with Crippen LogP contribution >= 0.6 is 0 Å². The highest BCUT2D eigenvalue weighted by molar-refractivity contribution is 6.16. The van der Waals surface area contributed by atoms with Gasteiger partial charge in [0, 0.05) is 25.2 Å². The van der Waals surface area contributed by atoms with E-state index in [0.717, 1.165) is 5.56 Å². The summed E-state index contributed by atoms with van der Waals surface area (Å²) in [5, 5.41) is 13.2. The molecule has 0 unspecified atom stereocenters. The summed E-state index contributed by atoms with van der Waals surface area (Å²) in [5.74, 6) is -1.22. The van der Waals surface area contributed by atoms with Crippen LogP contribution in [0.1, 0.15) is 12.0 Å². The van der Waals surface area contributed by atoms with Crippen molar-refractivity contribution in [3.05, 3.63) is 66.2 Å². The summed E-state index contributed by atoms with van der Waals surface area (Å²) in [6.45, 7) is 0.596. The fourth-order valence-electron chi connectivity index (χ4n) is 2.69. The minimum absolute atomic E-state index is 0.0847. The molecule has 0 saturated carbocycles. The molecular weight excluding hydrogens is 292 g/mol. The Labute approximate surface area is 134 Å². The molecule has 5 heteroatoms. The van der Waals surface area contributed by atoms with Gasteiger partial charge in [-0.1, -0.05) is 48.5 Å². The predicted octanol–water partition coefficient (Wildman–Crippen LogP) is 1.47. The molecule has 3 rings (SSSR count). The molecule has 1 saturated heterocycles. The molecule has 0 aromatic heterocycles. The van der Waals surface area contributed by atoms with Crippen molar-refractivity contribution in [1.29, 1.82) is 0 Å². The molecule has 2 aromatic carbocycles. The third kappa shape index (κ3) is 2.96. The van der Waals surface area contributed by atoms with Crippen LogP contribution in [0.15, 0.2) is 60.7 Å². The van der Waals surface area contributed by atoms with Gasteiger partial charge in [-0.3, -0.25) is 9.59 Å². The lowest BCUT2D eigenvalue weighted by molar-refractivity contribution is -0.149. The highest BCUT2D eigenvalue weighted by Gasteiger charge is 2.51. The average molecular weight is 310 g/mol. The summed E-state index contributed by atoms with van der Waals surface area (Å²) >= 11 is 0. The van der Waals surface area contributed by atoms with E-state index in [1.165, 1.54) is 4.90 Å². The molecule has 1 fully saturated rings. The second-order valence-electron chi connectivity index (χ2n) is 5.57. The zero-order valence-corrected chi connectivity index (χ0v) is 12.6. The van der Waals surface area contributed by atoms with Crippen molar-refractivity contribution < 1.29 is 14.7 Å². The van der Waals surface area contributed by atoms with Gasteiger partial charge in [-0.25, -0.2) is 0 Å². The van der Waals surface area contributed by atoms with E-state index in [0.29, 0.717) is 12.2 Å². The first-order valence-electron chi connectivity index (χ1n) is 7.53. The van der Waals surface area contributed by atoms with E-state index in [1.807, 2.05) is 48.5 Å². The molecule has 0 bridgehead atoms. The van der Waals surface area contributed by atoms with Gasteiger partial charge >= 0.3 is 0 Å². The monoisotopic (exact) mass is 310 g/mol. The SMILES string of the molecule is O=C(NCc1ccccc1)[C@@]1(O)CCN(c2ccccc2)C1=O. The quantitative estimate of drug-likeness (QED) is 0.840. The van der Waals surface area contributed by atoms with Crippen molar-refractivity contribution in [2.75, 3.05) is 11.4 Å². The van der Waals surface area contributed by atoms with Crippen LogP contribution in [0.5, 0.6) is 0 Å². The Morgan fingerprint density at radius 1 is 1.09 bits per heavy atom. The van der Waals surface area contributed by atoms with E-state index >= 15 is 0 Å². The number of hydrogen-bond acceptors (Lipinski definition) is 3. The van der Waals surface area contributed by atoms with E-state index in [4.69, 9.17) is 0 Å². The number of carbonyl (C=O) groups excluding carboxylic acids is 2. The molecule has 118 valence electrons. The number of hydrogen-bond donors (Lipinski definition) is 2. The van der Waals surface area contributed by atoms with Gasteiger partial charge in [-0.05, 0) is 17.7 Å². The number of carbonyl (C=O) groups is 2. The second kappa shape index (κ2) is 6.22. The van der Waals surface area contributed by atoms with Gasteiger partial charge in [0.25, 0.3) is 11.8 Å². The molecule has 1 heterocycles. The first kappa shape index (κ1) is 15.2. The predicted molar refractivity (Wildman–Crippen MR) is 86.7 cm³/mol. The third-order valence-corrected chi connectivity index (χ3v) is 4.04. The van der Waals surface area contributed by atoms with Crippen molar-refractivity contribution in [3.63, 3.8) is 0 Å². The van der Waals surface area contributed by atoms with Gasteiger partial charge in [-0.15, -0.1) is 0 Å². The Morgan fingerprint density at radius 3 is 2.35 bits per heavy atom. The van der Waals surface area contributed by atoms with E-state index in [9.17, 15) is 14.7 Å². The highest BCUT2D eigenvalue weighted by Crippen LogP contribution is 2.28. The number of amides is 2. The summed E-state index contributed by atoms with van der Waals surface area (Å²) < 4.78 is 0. The standard InChI is InChI=1S/C18H18N2O3/c21-16(19-13-14-7-3-1-4-8-14)18(23)11-12-20(17(18)22)15-9-5-2-6-10-15/h1-10,23H,11-13H2,(H,19,21)/t18-/m0/s1. The average Bonchev–Trinajstić information content (AvgIpc) is 2.91. The summed E-state index contributed by atoms with van der Waals surface area (Å²) in [6.07, 6.45) is 0.0847. The van der Waals surface area contributed by atoms with Crippen molar-refractivity contribution in [2.24, 2.45) is 0 Å². The maximum atomic E-state index is 12.5. The van der Waals surface area contributed by atoms with Gasteiger partial charge < -0.3 is 15.3 Å². The molecule has 0 radical (unpaired) electrons. The number of benzene rings is 2. The van der Waals surface area contributed by atoms with E-state index < -0.39 is 17.4 Å². The van der Waals surface area contributed by atoms with Gasteiger partial charge in [0.1, 0.15) is 0 Å². The first-order valence-corrected chi connectivity index (χ1v) is 7.53. The molecule has 0 aliphatic carbocycles. The minimum Gasteiger partial charge on any atom is -0.372 e. The lowest BCUT2D eigenvalue weighted by Gasteiger charge is -2.21. The minimum atomic E-state index is -2.00. The maximum absolute atomic E-state index is 12.5. The summed E-state index contributed by atoms with van der Waals surface area (Å²) in [6, 6.07) is 18.4. The fourth-order valence-corrected chi connectivity index (χ4v) is 2.69. The van der Waals surface area contributed by atoms with Crippen LogP contribution in [-0.2, 0) is 16.1 Å². The Kier molecular flexibility index (Phi) is 4.12. The zero-order chi connectivity index (χ0) is 16.3. The largest absolute Gasteiger partial charge is 0.372 e. The van der Waals surface area contributed by atoms with E-state index in [2.05, 4.69) is 5.32 Å². The lowest BCUT2D eigenvalue weighted by atomic mass is 10.0. The number of anilines is 1. The third-order valence-electron chi connectivity index (χ3n) is 4.04. The van der Waals surface area contributed by atoms with E-state index in [1.54, 1.807) is 12.1 Å². The van der Waals surface area contributed by atoms with Crippen LogP contribution in [0.3, 0.4) is 0 Å². The van der Waals surface area contributed by atoms with Gasteiger partial charge in [0.15, 0.2) is 0 Å². The van der Waals surface area contributed by atoms with Crippen LogP contribution in [0.2, 0.25) is 0 Å². The molecule has 2 aromatic rings. The van der Waals surface area contributed by atoms with Crippen molar-refractivity contribution in [1.82, 2.24) is 5.32 Å². The van der Waals surface area contributed by atoms with Crippen LogP contribution < -0.4 is 10.2 Å². The molecule has 1 atom stereocenters. The first-order chi connectivity index (χ1) is 11.1. The smallest absolute Gasteiger partial charge is 0.268 e. The number of para-hydroxylation sites is 1. The van der Waals surface area contributed by atoms with Crippen LogP contribution in [0, 0.1) is 0 Å². The fraction of sp³-hybridized carbons (Fsp3) is 0.222. The normalized spacial score (nSPS) is 20.6. The molecule has 2 amide bonds. The molecule has 2 N–H and O–H groups in total. The lowest BCUT2D eigenvalue weighted by Crippen LogP contribution is -2.52. The number of rotatable bonds is 4. The molecular formula is C18H18N2O3. The Balaban J connectivity index is 1.69. The topological polar surface area (TPSA) is 69.6 Å². The molecule has 23 heavy (non-hydrogen) atoms. The number of nitrogens with zero attached hydrogens (tertiary/aromatic N) is 1. The Hall–Kier alpha value is -2.66. The van der Waals surface area contributed by atoms with Crippen molar-refractivity contribution >= 4 is 17.5 Å². The van der Waals surface area contributed by atoms with Gasteiger partial charge in [-0.2, -0.15) is 0 Å². The summed E-state index contributed by atoms with van der Waals surface area (Å²) in [7, 11) is 0. The van der Waals surface area contributed by atoms with Gasteiger partial charge in [0.2, 0.25) is 5.60 Å². The Morgan fingerprint density at radius 2 is 1.70 bits per heavy atom. The summed E-state index contributed by atoms with van der Waals surface area (Å²) in [5.41, 5.74) is -0.399.